The molecule has 0 radical (unpaired) electrons. The molecule has 0 amide bonds. The minimum atomic E-state index is 0.103. The first kappa shape index (κ1) is 16.7. The summed E-state index contributed by atoms with van der Waals surface area (Å²) in [6, 6.07) is 12.2. The molecule has 1 aromatic heterocycles. The average Bonchev–Trinajstić information content (AvgIpc) is 2.58. The summed E-state index contributed by atoms with van der Waals surface area (Å²) >= 11 is 0. The third-order valence-electron chi connectivity index (χ3n) is 4.09. The van der Waals surface area contributed by atoms with E-state index < -0.39 is 0 Å². The third-order valence-corrected chi connectivity index (χ3v) is 4.09. The van der Waals surface area contributed by atoms with Crippen LogP contribution in [0, 0.1) is 0 Å². The monoisotopic (exact) mass is 297 g/mol. The molecule has 1 N–H and O–H groups in total. The van der Waals surface area contributed by atoms with Gasteiger partial charge in [0, 0.05) is 11.8 Å². The van der Waals surface area contributed by atoms with Crippen molar-refractivity contribution in [3.63, 3.8) is 0 Å². The van der Waals surface area contributed by atoms with Crippen LogP contribution in [0.5, 0.6) is 0 Å². The van der Waals surface area contributed by atoms with E-state index in [0.717, 1.165) is 17.7 Å². The topological polar surface area (TPSA) is 33.1 Å². The molecule has 2 rings (SSSR count). The highest BCUT2D eigenvalue weighted by atomic mass is 16.3. The third kappa shape index (κ3) is 4.96. The number of hydrogen-bond donors (Lipinski definition) is 1. The molecule has 0 saturated heterocycles. The standard InChI is InChI=1S/C20H27NO/c1-2-3-4-5-6-7-10-18-15-17(16-22)12-13-19(18)20-11-8-9-14-21-20/h8-9,11-15,22H,2-7,10,16H2,1H3. The summed E-state index contributed by atoms with van der Waals surface area (Å²) in [4.78, 5) is 4.47. The average molecular weight is 297 g/mol. The highest BCUT2D eigenvalue weighted by Crippen LogP contribution is 2.25. The zero-order chi connectivity index (χ0) is 15.6. The van der Waals surface area contributed by atoms with Gasteiger partial charge in [-0.1, -0.05) is 63.3 Å². The summed E-state index contributed by atoms with van der Waals surface area (Å²) in [5.41, 5.74) is 4.51. The molecule has 1 aromatic carbocycles. The zero-order valence-electron chi connectivity index (χ0n) is 13.6. The van der Waals surface area contributed by atoms with Crippen molar-refractivity contribution in [1.82, 2.24) is 4.98 Å². The first-order valence-corrected chi connectivity index (χ1v) is 8.49. The molecule has 22 heavy (non-hydrogen) atoms. The van der Waals surface area contributed by atoms with Crippen molar-refractivity contribution < 1.29 is 5.11 Å². The minimum Gasteiger partial charge on any atom is -0.392 e. The number of nitrogens with zero attached hydrogens (tertiary/aromatic N) is 1. The molecule has 0 aliphatic carbocycles. The maximum atomic E-state index is 9.38. The van der Waals surface area contributed by atoms with Crippen LogP contribution in [0.15, 0.2) is 42.6 Å². The summed E-state index contributed by atoms with van der Waals surface area (Å²) in [5.74, 6) is 0. The Labute approximate surface area is 134 Å². The molecule has 2 aromatic rings. The number of benzene rings is 1. The summed E-state index contributed by atoms with van der Waals surface area (Å²) in [7, 11) is 0. The van der Waals surface area contributed by atoms with E-state index in [2.05, 4.69) is 30.1 Å². The summed E-state index contributed by atoms with van der Waals surface area (Å²) in [6.07, 6.45) is 10.7. The van der Waals surface area contributed by atoms with E-state index >= 15 is 0 Å². The lowest BCUT2D eigenvalue weighted by Crippen LogP contribution is -1.95. The predicted octanol–water partition coefficient (Wildman–Crippen LogP) is 5.14. The van der Waals surface area contributed by atoms with Gasteiger partial charge in [0.2, 0.25) is 0 Å². The van der Waals surface area contributed by atoms with Crippen molar-refractivity contribution in [3.8, 4) is 11.3 Å². The number of aromatic nitrogens is 1. The van der Waals surface area contributed by atoms with Gasteiger partial charge >= 0.3 is 0 Å². The minimum absolute atomic E-state index is 0.103. The Morgan fingerprint density at radius 3 is 2.50 bits per heavy atom. The number of aliphatic hydroxyl groups is 1. The van der Waals surface area contributed by atoms with Crippen molar-refractivity contribution in [3.05, 3.63) is 53.7 Å². The second-order valence-electron chi connectivity index (χ2n) is 5.88. The molecular formula is C20H27NO. The van der Waals surface area contributed by atoms with Gasteiger partial charge in [-0.25, -0.2) is 0 Å². The van der Waals surface area contributed by atoms with Crippen molar-refractivity contribution in [2.75, 3.05) is 0 Å². The second-order valence-corrected chi connectivity index (χ2v) is 5.88. The Kier molecular flexibility index (Phi) is 7.11. The van der Waals surface area contributed by atoms with Gasteiger partial charge < -0.3 is 5.11 Å². The van der Waals surface area contributed by atoms with Crippen LogP contribution in [0.25, 0.3) is 11.3 Å². The van der Waals surface area contributed by atoms with E-state index in [0.29, 0.717) is 0 Å². The van der Waals surface area contributed by atoms with E-state index in [-0.39, 0.29) is 6.61 Å². The largest absolute Gasteiger partial charge is 0.392 e. The van der Waals surface area contributed by atoms with E-state index in [4.69, 9.17) is 0 Å². The van der Waals surface area contributed by atoms with Gasteiger partial charge in [0.15, 0.2) is 0 Å². The molecule has 2 heteroatoms. The summed E-state index contributed by atoms with van der Waals surface area (Å²) in [6.45, 7) is 2.35. The molecule has 0 aliphatic rings. The molecule has 0 fully saturated rings. The Hall–Kier alpha value is -1.67. The van der Waals surface area contributed by atoms with E-state index in [1.165, 1.54) is 49.7 Å². The highest BCUT2D eigenvalue weighted by molar-refractivity contribution is 5.64. The maximum absolute atomic E-state index is 9.38. The fourth-order valence-electron chi connectivity index (χ4n) is 2.82. The predicted molar refractivity (Wildman–Crippen MR) is 92.7 cm³/mol. The van der Waals surface area contributed by atoms with Crippen LogP contribution in [-0.2, 0) is 13.0 Å². The van der Waals surface area contributed by atoms with E-state index in [1.54, 1.807) is 0 Å². The zero-order valence-corrected chi connectivity index (χ0v) is 13.6. The first-order chi connectivity index (χ1) is 10.8. The highest BCUT2D eigenvalue weighted by Gasteiger charge is 2.07. The van der Waals surface area contributed by atoms with Gasteiger partial charge in [-0.3, -0.25) is 4.98 Å². The Morgan fingerprint density at radius 2 is 1.77 bits per heavy atom. The number of pyridine rings is 1. The maximum Gasteiger partial charge on any atom is 0.0704 e. The molecular weight excluding hydrogens is 270 g/mol. The number of unbranched alkanes of at least 4 members (excludes halogenated alkanes) is 5. The molecule has 118 valence electrons. The lowest BCUT2D eigenvalue weighted by Gasteiger charge is -2.11. The molecule has 0 unspecified atom stereocenters. The van der Waals surface area contributed by atoms with Gasteiger partial charge in [0.1, 0.15) is 0 Å². The SMILES string of the molecule is CCCCCCCCc1cc(CO)ccc1-c1ccccn1. The second kappa shape index (κ2) is 9.37. The van der Waals surface area contributed by atoms with Gasteiger partial charge in [0.25, 0.3) is 0 Å². The lowest BCUT2D eigenvalue weighted by atomic mass is 9.96. The van der Waals surface area contributed by atoms with Gasteiger partial charge in [0.05, 0.1) is 12.3 Å². The normalized spacial score (nSPS) is 10.8. The van der Waals surface area contributed by atoms with Gasteiger partial charge in [-0.15, -0.1) is 0 Å². The van der Waals surface area contributed by atoms with Crippen LogP contribution >= 0.6 is 0 Å². The van der Waals surface area contributed by atoms with Crippen LogP contribution in [0.4, 0.5) is 0 Å². The molecule has 0 saturated carbocycles. The molecule has 0 bridgehead atoms. The van der Waals surface area contributed by atoms with Crippen LogP contribution in [0.2, 0.25) is 0 Å². The molecule has 0 aliphatic heterocycles. The molecule has 0 spiro atoms. The lowest BCUT2D eigenvalue weighted by molar-refractivity contribution is 0.281. The molecule has 0 atom stereocenters. The van der Waals surface area contributed by atoms with Crippen molar-refractivity contribution in [1.29, 1.82) is 0 Å². The Morgan fingerprint density at radius 1 is 0.955 bits per heavy atom. The smallest absolute Gasteiger partial charge is 0.0704 e. The van der Waals surface area contributed by atoms with Crippen LogP contribution in [0.3, 0.4) is 0 Å². The van der Waals surface area contributed by atoms with Crippen molar-refractivity contribution in [2.45, 2.75) is 58.5 Å². The Bertz CT molecular complexity index is 551. The van der Waals surface area contributed by atoms with Gasteiger partial charge in [-0.05, 0) is 36.1 Å². The fraction of sp³-hybridized carbons (Fsp3) is 0.450. The number of rotatable bonds is 9. The van der Waals surface area contributed by atoms with E-state index in [1.807, 2.05) is 24.4 Å². The quantitative estimate of drug-likeness (QED) is 0.650. The molecule has 1 heterocycles. The summed E-state index contributed by atoms with van der Waals surface area (Å²) < 4.78 is 0. The van der Waals surface area contributed by atoms with E-state index in [9.17, 15) is 5.11 Å². The first-order valence-electron chi connectivity index (χ1n) is 8.49. The number of hydrogen-bond acceptors (Lipinski definition) is 2. The Balaban J connectivity index is 2.04. The molecule has 2 nitrogen and oxygen atoms in total. The van der Waals surface area contributed by atoms with Crippen molar-refractivity contribution in [2.24, 2.45) is 0 Å². The van der Waals surface area contributed by atoms with Crippen LogP contribution in [0.1, 0.15) is 56.6 Å². The van der Waals surface area contributed by atoms with Crippen molar-refractivity contribution >= 4 is 0 Å². The van der Waals surface area contributed by atoms with Crippen LogP contribution < -0.4 is 0 Å². The number of aliphatic hydroxyl groups excluding tert-OH is 1. The van der Waals surface area contributed by atoms with Gasteiger partial charge in [-0.2, -0.15) is 0 Å². The van der Waals surface area contributed by atoms with Crippen LogP contribution in [-0.4, -0.2) is 10.1 Å². The number of aryl methyl sites for hydroxylation is 1. The summed E-state index contributed by atoms with van der Waals surface area (Å²) in [5, 5.41) is 9.38. The fourth-order valence-corrected chi connectivity index (χ4v) is 2.82.